The summed E-state index contributed by atoms with van der Waals surface area (Å²) in [5.41, 5.74) is 1.89. The van der Waals surface area contributed by atoms with Crippen LogP contribution in [0.3, 0.4) is 0 Å². The van der Waals surface area contributed by atoms with E-state index >= 15 is 0 Å². The van der Waals surface area contributed by atoms with Gasteiger partial charge in [-0.1, -0.05) is 35.3 Å². The van der Waals surface area contributed by atoms with Crippen LogP contribution < -0.4 is 0 Å². The lowest BCUT2D eigenvalue weighted by atomic mass is 10.0. The molecular formula is C13H8Cl3F. The van der Waals surface area contributed by atoms with Crippen LogP contribution >= 0.6 is 34.8 Å². The summed E-state index contributed by atoms with van der Waals surface area (Å²) in [5, 5.41) is 0.941. The summed E-state index contributed by atoms with van der Waals surface area (Å²) in [6.07, 6.45) is 0. The molecule has 0 aliphatic rings. The van der Waals surface area contributed by atoms with Gasteiger partial charge >= 0.3 is 0 Å². The van der Waals surface area contributed by atoms with Gasteiger partial charge in [-0.2, -0.15) is 0 Å². The van der Waals surface area contributed by atoms with Crippen molar-refractivity contribution in [1.82, 2.24) is 0 Å². The number of benzene rings is 2. The second-order valence-electron chi connectivity index (χ2n) is 3.57. The van der Waals surface area contributed by atoms with Crippen LogP contribution in [0.4, 0.5) is 4.39 Å². The van der Waals surface area contributed by atoms with E-state index in [0.29, 0.717) is 27.1 Å². The topological polar surface area (TPSA) is 0 Å². The molecule has 0 fully saturated rings. The van der Waals surface area contributed by atoms with E-state index in [1.807, 2.05) is 0 Å². The Hall–Kier alpha value is -0.760. The van der Waals surface area contributed by atoms with Crippen LogP contribution in [-0.4, -0.2) is 0 Å². The smallest absolute Gasteiger partial charge is 0.131 e. The summed E-state index contributed by atoms with van der Waals surface area (Å²) < 4.78 is 13.7. The molecule has 0 saturated carbocycles. The normalized spacial score (nSPS) is 10.6. The van der Waals surface area contributed by atoms with Crippen LogP contribution in [0.1, 0.15) is 5.56 Å². The van der Waals surface area contributed by atoms with E-state index in [9.17, 15) is 4.39 Å². The molecule has 4 heteroatoms. The van der Waals surface area contributed by atoms with E-state index in [4.69, 9.17) is 34.8 Å². The molecule has 0 aliphatic heterocycles. The third kappa shape index (κ3) is 2.74. The first kappa shape index (κ1) is 12.7. The van der Waals surface area contributed by atoms with Crippen LogP contribution in [0, 0.1) is 5.82 Å². The number of rotatable bonds is 2. The highest BCUT2D eigenvalue weighted by Gasteiger charge is 2.10. The molecule has 0 unspecified atom stereocenters. The second kappa shape index (κ2) is 5.26. The molecule has 0 amide bonds. The quantitative estimate of drug-likeness (QED) is 0.637. The summed E-state index contributed by atoms with van der Waals surface area (Å²) in [4.78, 5) is 0. The highest BCUT2D eigenvalue weighted by molar-refractivity contribution is 6.36. The highest BCUT2D eigenvalue weighted by Crippen LogP contribution is 2.32. The zero-order chi connectivity index (χ0) is 12.4. The van der Waals surface area contributed by atoms with Crippen molar-refractivity contribution in [2.24, 2.45) is 0 Å². The Morgan fingerprint density at radius 3 is 2.35 bits per heavy atom. The van der Waals surface area contributed by atoms with Gasteiger partial charge in [0.2, 0.25) is 0 Å². The Kier molecular flexibility index (Phi) is 3.93. The summed E-state index contributed by atoms with van der Waals surface area (Å²) in [7, 11) is 0. The summed E-state index contributed by atoms with van der Waals surface area (Å²) in [5.74, 6) is 0.00136. The fourth-order valence-corrected chi connectivity index (χ4v) is 2.25. The molecule has 88 valence electrons. The minimum absolute atomic E-state index is 0.330. The molecule has 0 heterocycles. The van der Waals surface area contributed by atoms with Gasteiger partial charge < -0.3 is 0 Å². The minimum atomic E-state index is -0.330. The second-order valence-corrected chi connectivity index (χ2v) is 4.68. The van der Waals surface area contributed by atoms with Crippen molar-refractivity contribution in [3.63, 3.8) is 0 Å². The van der Waals surface area contributed by atoms with E-state index in [1.165, 1.54) is 6.07 Å². The van der Waals surface area contributed by atoms with Gasteiger partial charge in [0.25, 0.3) is 0 Å². The monoisotopic (exact) mass is 288 g/mol. The van der Waals surface area contributed by atoms with Crippen molar-refractivity contribution >= 4 is 34.8 Å². The summed E-state index contributed by atoms with van der Waals surface area (Å²) >= 11 is 17.6. The van der Waals surface area contributed by atoms with E-state index in [2.05, 4.69) is 0 Å². The van der Waals surface area contributed by atoms with Gasteiger partial charge in [-0.3, -0.25) is 0 Å². The predicted octanol–water partition coefficient (Wildman–Crippen LogP) is 5.54. The van der Waals surface area contributed by atoms with Crippen molar-refractivity contribution in [1.29, 1.82) is 0 Å². The summed E-state index contributed by atoms with van der Waals surface area (Å²) in [6, 6.07) is 9.69. The largest absolute Gasteiger partial charge is 0.206 e. The van der Waals surface area contributed by atoms with Crippen molar-refractivity contribution in [2.75, 3.05) is 0 Å². The predicted molar refractivity (Wildman–Crippen MR) is 71.4 cm³/mol. The lowest BCUT2D eigenvalue weighted by molar-refractivity contribution is 0.631. The molecule has 2 aromatic carbocycles. The van der Waals surface area contributed by atoms with E-state index < -0.39 is 0 Å². The number of hydrogen-bond acceptors (Lipinski definition) is 0. The number of hydrogen-bond donors (Lipinski definition) is 0. The minimum Gasteiger partial charge on any atom is -0.206 e. The highest BCUT2D eigenvalue weighted by atomic mass is 35.5. The molecule has 0 radical (unpaired) electrons. The maximum Gasteiger partial charge on any atom is 0.131 e. The van der Waals surface area contributed by atoms with Gasteiger partial charge in [0.15, 0.2) is 0 Å². The molecule has 0 spiro atoms. The first-order valence-electron chi connectivity index (χ1n) is 4.91. The maximum atomic E-state index is 13.7. The standard InChI is InChI=1S/C13H8Cl3F/c14-7-8-1-4-13(17)11(5-8)10-3-2-9(15)6-12(10)16/h1-6H,7H2. The van der Waals surface area contributed by atoms with Gasteiger partial charge in [0.1, 0.15) is 5.82 Å². The Morgan fingerprint density at radius 2 is 1.71 bits per heavy atom. The molecule has 0 saturated heterocycles. The zero-order valence-corrected chi connectivity index (χ0v) is 11.0. The average Bonchev–Trinajstić information content (AvgIpc) is 2.30. The third-order valence-corrected chi connectivity index (χ3v) is 3.26. The molecule has 0 aromatic heterocycles. The van der Waals surface area contributed by atoms with Crippen molar-refractivity contribution in [2.45, 2.75) is 5.88 Å². The van der Waals surface area contributed by atoms with Crippen LogP contribution in [0.2, 0.25) is 10.0 Å². The van der Waals surface area contributed by atoms with E-state index in [0.717, 1.165) is 5.56 Å². The first-order chi connectivity index (χ1) is 8.11. The molecule has 0 nitrogen and oxygen atoms in total. The van der Waals surface area contributed by atoms with Crippen LogP contribution in [0.5, 0.6) is 0 Å². The van der Waals surface area contributed by atoms with Crippen LogP contribution in [0.25, 0.3) is 11.1 Å². The molecule has 2 aromatic rings. The molecule has 2 rings (SSSR count). The summed E-state index contributed by atoms with van der Waals surface area (Å²) in [6.45, 7) is 0. The van der Waals surface area contributed by atoms with Gasteiger partial charge in [0.05, 0.1) is 0 Å². The Morgan fingerprint density at radius 1 is 0.941 bits per heavy atom. The lowest BCUT2D eigenvalue weighted by Crippen LogP contribution is -1.88. The van der Waals surface area contributed by atoms with Crippen molar-refractivity contribution in [3.8, 4) is 11.1 Å². The van der Waals surface area contributed by atoms with Gasteiger partial charge in [-0.25, -0.2) is 4.39 Å². The van der Waals surface area contributed by atoms with Gasteiger partial charge in [-0.05, 0) is 29.8 Å². The fourth-order valence-electron chi connectivity index (χ4n) is 1.57. The first-order valence-corrected chi connectivity index (χ1v) is 6.20. The van der Waals surface area contributed by atoms with Crippen LogP contribution in [0.15, 0.2) is 36.4 Å². The van der Waals surface area contributed by atoms with Gasteiger partial charge in [0, 0.05) is 27.1 Å². The third-order valence-electron chi connectivity index (χ3n) is 2.41. The van der Waals surface area contributed by atoms with Gasteiger partial charge in [-0.15, -0.1) is 11.6 Å². The number of alkyl halides is 1. The Bertz CT molecular complexity index is 552. The molecule has 0 N–H and O–H groups in total. The molecule has 0 aliphatic carbocycles. The van der Waals surface area contributed by atoms with Crippen LogP contribution in [-0.2, 0) is 5.88 Å². The average molecular weight is 290 g/mol. The molecule has 17 heavy (non-hydrogen) atoms. The number of halogens is 4. The fraction of sp³-hybridized carbons (Fsp3) is 0.0769. The molecule has 0 bridgehead atoms. The Labute approximate surface area is 114 Å². The zero-order valence-electron chi connectivity index (χ0n) is 8.68. The van der Waals surface area contributed by atoms with E-state index in [-0.39, 0.29) is 5.82 Å². The lowest BCUT2D eigenvalue weighted by Gasteiger charge is -2.08. The molecular weight excluding hydrogens is 282 g/mol. The maximum absolute atomic E-state index is 13.7. The van der Waals surface area contributed by atoms with Crippen molar-refractivity contribution < 1.29 is 4.39 Å². The Balaban J connectivity index is 2.59. The van der Waals surface area contributed by atoms with E-state index in [1.54, 1.807) is 30.3 Å². The molecule has 0 atom stereocenters. The SMILES string of the molecule is Fc1ccc(CCl)cc1-c1ccc(Cl)cc1Cl. The van der Waals surface area contributed by atoms with Crippen molar-refractivity contribution in [3.05, 3.63) is 57.8 Å².